The Balaban J connectivity index is 1.93. The third-order valence-corrected chi connectivity index (χ3v) is 8.04. The zero-order valence-electron chi connectivity index (χ0n) is 24.6. The molecule has 3 aromatic rings. The van der Waals surface area contributed by atoms with Crippen molar-refractivity contribution in [2.45, 2.75) is 18.9 Å². The molecule has 1 aliphatic heterocycles. The first-order valence-electron chi connectivity index (χ1n) is 13.9. The minimum absolute atomic E-state index is 0.0762. The van der Waals surface area contributed by atoms with Crippen LogP contribution in [0.3, 0.4) is 0 Å². The van der Waals surface area contributed by atoms with Crippen molar-refractivity contribution in [2.75, 3.05) is 47.8 Å². The number of benzene rings is 3. The third kappa shape index (κ3) is 6.53. The van der Waals surface area contributed by atoms with Crippen molar-refractivity contribution in [3.8, 4) is 11.5 Å². The molecule has 1 amide bonds. The van der Waals surface area contributed by atoms with Gasteiger partial charge in [0.25, 0.3) is 0 Å². The van der Waals surface area contributed by atoms with E-state index in [1.807, 2.05) is 23.9 Å². The van der Waals surface area contributed by atoms with E-state index in [2.05, 4.69) is 0 Å². The number of ketones is 2. The van der Waals surface area contributed by atoms with Gasteiger partial charge in [-0.1, -0.05) is 36.4 Å². The van der Waals surface area contributed by atoms with Gasteiger partial charge in [-0.25, -0.2) is 4.39 Å². The number of hydrogen-bond donors (Lipinski definition) is 2. The molecule has 1 unspecified atom stereocenters. The van der Waals surface area contributed by atoms with E-state index in [1.54, 1.807) is 57.4 Å². The van der Waals surface area contributed by atoms with Crippen LogP contribution in [0.1, 0.15) is 37.8 Å². The molecule has 0 spiro atoms. The molecule has 1 saturated heterocycles. The summed E-state index contributed by atoms with van der Waals surface area (Å²) in [4.78, 5) is 47.3. The smallest absolute Gasteiger partial charge is 0.240 e. The van der Waals surface area contributed by atoms with Gasteiger partial charge in [-0.3, -0.25) is 19.3 Å². The molecule has 0 bridgehead atoms. The number of carbonyl (C=O) groups excluding carboxylic acids is 3. The SMILES string of the molecule is Cc1c(F)cccc1C1[C@@H](C(=O)c2cccc(O)c2)CN(C(CN(C)C)C(=O)N(C)C)C[C@@H]1C(=O)c1cccc(O)c1. The summed E-state index contributed by atoms with van der Waals surface area (Å²) in [5.74, 6) is -3.86. The van der Waals surface area contributed by atoms with Crippen LogP contribution in [0, 0.1) is 24.6 Å². The molecule has 0 radical (unpaired) electrons. The van der Waals surface area contributed by atoms with Crippen LogP contribution in [0.2, 0.25) is 0 Å². The van der Waals surface area contributed by atoms with Gasteiger partial charge in [-0.15, -0.1) is 0 Å². The van der Waals surface area contributed by atoms with E-state index < -0.39 is 29.6 Å². The second-order valence-electron chi connectivity index (χ2n) is 11.5. The van der Waals surface area contributed by atoms with E-state index in [0.717, 1.165) is 0 Å². The number of nitrogens with zero attached hydrogens (tertiary/aromatic N) is 3. The van der Waals surface area contributed by atoms with Crippen molar-refractivity contribution in [1.82, 2.24) is 14.7 Å². The van der Waals surface area contributed by atoms with Crippen LogP contribution in [0.4, 0.5) is 4.39 Å². The highest BCUT2D eigenvalue weighted by Crippen LogP contribution is 2.43. The number of likely N-dealkylation sites (tertiary alicyclic amines) is 1. The van der Waals surface area contributed by atoms with Crippen LogP contribution in [0.5, 0.6) is 11.5 Å². The number of amides is 1. The highest BCUT2D eigenvalue weighted by Gasteiger charge is 2.48. The predicted octanol–water partition coefficient (Wildman–Crippen LogP) is 3.96. The molecular formula is C33H38FN3O5. The summed E-state index contributed by atoms with van der Waals surface area (Å²) in [7, 11) is 7.03. The molecule has 42 heavy (non-hydrogen) atoms. The molecule has 9 heteroatoms. The summed E-state index contributed by atoms with van der Waals surface area (Å²) in [5.41, 5.74) is 1.39. The lowest BCUT2D eigenvalue weighted by Gasteiger charge is -2.46. The van der Waals surface area contributed by atoms with Crippen LogP contribution >= 0.6 is 0 Å². The summed E-state index contributed by atoms with van der Waals surface area (Å²) in [6.07, 6.45) is 0. The lowest BCUT2D eigenvalue weighted by atomic mass is 9.67. The standard InChI is InChI=1S/C33H38FN3O5/c1-20-25(13-8-14-28(20)34)30-26(31(40)21-9-6-11-23(38)15-21)17-37(29(19-35(2)3)33(42)36(4)5)18-27(30)32(41)22-10-7-12-24(39)16-22/h6-16,26-27,29-30,38-39H,17-19H2,1-5H3/t26-,27-,29?/m0/s1. The fraction of sp³-hybridized carbons (Fsp3) is 0.364. The zero-order chi connectivity index (χ0) is 30.7. The van der Waals surface area contributed by atoms with Gasteiger partial charge in [0.05, 0.1) is 0 Å². The molecule has 1 heterocycles. The Bertz CT molecular complexity index is 1410. The quantitative estimate of drug-likeness (QED) is 0.373. The van der Waals surface area contributed by atoms with Gasteiger partial charge in [0.1, 0.15) is 23.4 Å². The van der Waals surface area contributed by atoms with Crippen LogP contribution in [0.15, 0.2) is 66.7 Å². The number of halogens is 1. The van der Waals surface area contributed by atoms with Crippen molar-refractivity contribution in [2.24, 2.45) is 11.8 Å². The van der Waals surface area contributed by atoms with Crippen LogP contribution in [-0.2, 0) is 4.79 Å². The lowest BCUT2D eigenvalue weighted by molar-refractivity contribution is -0.136. The fourth-order valence-electron chi connectivity index (χ4n) is 5.99. The van der Waals surface area contributed by atoms with Crippen molar-refractivity contribution in [3.63, 3.8) is 0 Å². The average Bonchev–Trinajstić information content (AvgIpc) is 2.95. The van der Waals surface area contributed by atoms with Crippen molar-refractivity contribution >= 4 is 17.5 Å². The first kappa shape index (κ1) is 30.9. The Morgan fingerprint density at radius 2 is 1.36 bits per heavy atom. The second kappa shape index (κ2) is 12.8. The summed E-state index contributed by atoms with van der Waals surface area (Å²) >= 11 is 0. The van der Waals surface area contributed by atoms with Gasteiger partial charge in [-0.05, 0) is 62.5 Å². The van der Waals surface area contributed by atoms with Crippen molar-refractivity contribution < 1.29 is 29.0 Å². The first-order chi connectivity index (χ1) is 19.9. The molecule has 4 rings (SSSR count). The Kier molecular flexibility index (Phi) is 9.43. The molecule has 8 nitrogen and oxygen atoms in total. The van der Waals surface area contributed by atoms with E-state index in [-0.39, 0.29) is 53.2 Å². The van der Waals surface area contributed by atoms with E-state index in [4.69, 9.17) is 0 Å². The number of piperidine rings is 1. The Morgan fingerprint density at radius 1 is 0.857 bits per heavy atom. The molecule has 1 fully saturated rings. The zero-order valence-corrected chi connectivity index (χ0v) is 24.6. The first-order valence-corrected chi connectivity index (χ1v) is 13.9. The highest BCUT2D eigenvalue weighted by molar-refractivity contribution is 6.02. The molecule has 1 aliphatic rings. The van der Waals surface area contributed by atoms with Gasteiger partial charge < -0.3 is 20.0 Å². The van der Waals surface area contributed by atoms with E-state index in [0.29, 0.717) is 17.7 Å². The Morgan fingerprint density at radius 3 is 1.81 bits per heavy atom. The lowest BCUT2D eigenvalue weighted by Crippen LogP contribution is -2.59. The fourth-order valence-corrected chi connectivity index (χ4v) is 5.99. The van der Waals surface area contributed by atoms with Crippen molar-refractivity contribution in [1.29, 1.82) is 0 Å². The number of phenols is 2. The largest absolute Gasteiger partial charge is 0.508 e. The normalized spacial score (nSPS) is 18.5. The van der Waals surface area contributed by atoms with Crippen molar-refractivity contribution in [3.05, 3.63) is 94.8 Å². The van der Waals surface area contributed by atoms with Crippen LogP contribution in [-0.4, -0.2) is 96.3 Å². The minimum atomic E-state index is -0.855. The molecule has 3 atom stereocenters. The molecule has 3 aromatic carbocycles. The molecule has 2 N–H and O–H groups in total. The second-order valence-corrected chi connectivity index (χ2v) is 11.5. The summed E-state index contributed by atoms with van der Waals surface area (Å²) in [6.45, 7) is 2.25. The van der Waals surface area contributed by atoms with E-state index in [9.17, 15) is 29.0 Å². The maximum Gasteiger partial charge on any atom is 0.240 e. The van der Waals surface area contributed by atoms with Crippen LogP contribution in [0.25, 0.3) is 0 Å². The molecule has 0 aliphatic carbocycles. The van der Waals surface area contributed by atoms with Crippen LogP contribution < -0.4 is 0 Å². The summed E-state index contributed by atoms with van der Waals surface area (Å²) in [5, 5.41) is 20.3. The average molecular weight is 576 g/mol. The number of rotatable bonds is 9. The molecule has 0 aromatic heterocycles. The number of phenolic OH excluding ortho intramolecular Hbond substituents is 2. The van der Waals surface area contributed by atoms with E-state index in [1.165, 1.54) is 35.2 Å². The predicted molar refractivity (Wildman–Crippen MR) is 158 cm³/mol. The van der Waals surface area contributed by atoms with Gasteiger partial charge in [0.15, 0.2) is 11.6 Å². The highest BCUT2D eigenvalue weighted by atomic mass is 19.1. The Labute approximate surface area is 246 Å². The number of Topliss-reactive ketones (excluding diaryl/α,β-unsaturated/α-hetero) is 2. The maximum atomic E-state index is 15.0. The number of aromatic hydroxyl groups is 2. The summed E-state index contributed by atoms with van der Waals surface area (Å²) < 4.78 is 15.0. The third-order valence-electron chi connectivity index (χ3n) is 8.04. The molecule has 222 valence electrons. The van der Waals surface area contributed by atoms with Gasteiger partial charge in [0.2, 0.25) is 5.91 Å². The van der Waals surface area contributed by atoms with E-state index >= 15 is 0 Å². The number of carbonyl (C=O) groups is 3. The monoisotopic (exact) mass is 575 g/mol. The van der Waals surface area contributed by atoms with Gasteiger partial charge >= 0.3 is 0 Å². The Hall–Kier alpha value is -4.08. The minimum Gasteiger partial charge on any atom is -0.508 e. The number of hydrogen-bond acceptors (Lipinski definition) is 7. The molecular weight excluding hydrogens is 537 g/mol. The van der Waals surface area contributed by atoms with Gasteiger partial charge in [-0.2, -0.15) is 0 Å². The van der Waals surface area contributed by atoms with Gasteiger partial charge in [0, 0.05) is 62.6 Å². The summed E-state index contributed by atoms with van der Waals surface area (Å²) in [6, 6.07) is 16.0. The topological polar surface area (TPSA) is 101 Å². The number of likely N-dealkylation sites (N-methyl/N-ethyl adjacent to an activating group) is 2. The molecule has 0 saturated carbocycles. The maximum absolute atomic E-state index is 15.0.